The summed E-state index contributed by atoms with van der Waals surface area (Å²) in [6.07, 6.45) is 0. The van der Waals surface area contributed by atoms with Gasteiger partial charge in [-0.1, -0.05) is 0 Å². The fourth-order valence-electron chi connectivity index (χ4n) is 1.36. The van der Waals surface area contributed by atoms with Crippen LogP contribution in [0.4, 0.5) is 5.69 Å². The molecule has 0 saturated carbocycles. The molecule has 0 heterocycles. The van der Waals surface area contributed by atoms with Crippen LogP contribution in [0.15, 0.2) is 24.3 Å². The third kappa shape index (κ3) is 4.47. The highest BCUT2D eigenvalue weighted by atomic mass is 35.5. The number of ketones is 1. The molecule has 5 heteroatoms. The maximum absolute atomic E-state index is 11.7. The van der Waals surface area contributed by atoms with E-state index in [1.807, 2.05) is 19.0 Å². The molecule has 0 aliphatic heterocycles. The molecule has 1 rings (SSSR count). The summed E-state index contributed by atoms with van der Waals surface area (Å²) in [7, 11) is 3.68. The third-order valence-electron chi connectivity index (χ3n) is 2.30. The number of amides is 1. The Labute approximate surface area is 112 Å². The van der Waals surface area contributed by atoms with E-state index >= 15 is 0 Å². The van der Waals surface area contributed by atoms with Crippen LogP contribution in [-0.4, -0.2) is 42.6 Å². The number of hydrogen-bond acceptors (Lipinski definition) is 3. The number of carbonyl (C=O) groups is 2. The normalized spacial score (nSPS) is 12.3. The van der Waals surface area contributed by atoms with E-state index in [1.165, 1.54) is 0 Å². The molecule has 0 bridgehead atoms. The Balaban J connectivity index is 2.68. The van der Waals surface area contributed by atoms with Crippen LogP contribution < -0.4 is 5.32 Å². The molecular weight excluding hydrogens is 252 g/mol. The second kappa shape index (κ2) is 6.52. The maximum atomic E-state index is 11.7. The van der Waals surface area contributed by atoms with E-state index in [4.69, 9.17) is 11.6 Å². The Kier molecular flexibility index (Phi) is 5.31. The fourth-order valence-corrected chi connectivity index (χ4v) is 1.41. The molecular formula is C13H17ClN2O2. The van der Waals surface area contributed by atoms with Crippen LogP contribution in [0.1, 0.15) is 17.3 Å². The number of benzene rings is 1. The van der Waals surface area contributed by atoms with Crippen molar-refractivity contribution in [2.75, 3.05) is 26.0 Å². The molecule has 0 aromatic heterocycles. The molecule has 1 amide bonds. The zero-order valence-corrected chi connectivity index (χ0v) is 11.5. The second-order valence-electron chi connectivity index (χ2n) is 4.34. The summed E-state index contributed by atoms with van der Waals surface area (Å²) in [4.78, 5) is 24.9. The molecule has 18 heavy (non-hydrogen) atoms. The van der Waals surface area contributed by atoms with Gasteiger partial charge in [0.05, 0.1) is 6.54 Å². The van der Waals surface area contributed by atoms with E-state index in [9.17, 15) is 9.59 Å². The highest BCUT2D eigenvalue weighted by Gasteiger charge is 2.10. The first-order valence-electron chi connectivity index (χ1n) is 5.63. The number of halogens is 1. The van der Waals surface area contributed by atoms with Crippen LogP contribution in [0.25, 0.3) is 0 Å². The average Bonchev–Trinajstić information content (AvgIpc) is 2.28. The van der Waals surface area contributed by atoms with Gasteiger partial charge in [-0.05, 0) is 45.3 Å². The largest absolute Gasteiger partial charge is 0.325 e. The molecule has 1 aromatic carbocycles. The average molecular weight is 269 g/mol. The lowest BCUT2D eigenvalue weighted by Gasteiger charge is -2.09. The number of rotatable bonds is 5. The van der Waals surface area contributed by atoms with Gasteiger partial charge in [-0.2, -0.15) is 0 Å². The maximum Gasteiger partial charge on any atom is 0.242 e. The minimum absolute atomic E-state index is 0.0450. The molecule has 98 valence electrons. The van der Waals surface area contributed by atoms with Gasteiger partial charge in [0.25, 0.3) is 0 Å². The molecule has 0 aliphatic rings. The molecule has 1 N–H and O–H groups in total. The monoisotopic (exact) mass is 268 g/mol. The van der Waals surface area contributed by atoms with Gasteiger partial charge < -0.3 is 10.2 Å². The molecule has 0 fully saturated rings. The lowest BCUT2D eigenvalue weighted by atomic mass is 10.1. The highest BCUT2D eigenvalue weighted by Crippen LogP contribution is 2.11. The number of hydrogen-bond donors (Lipinski definition) is 1. The van der Waals surface area contributed by atoms with Crippen LogP contribution in [0, 0.1) is 0 Å². The van der Waals surface area contributed by atoms with Gasteiger partial charge in [-0.25, -0.2) is 0 Å². The Bertz CT molecular complexity index is 427. The molecule has 4 nitrogen and oxygen atoms in total. The van der Waals surface area contributed by atoms with Crippen molar-refractivity contribution in [2.45, 2.75) is 12.3 Å². The van der Waals surface area contributed by atoms with Crippen LogP contribution in [-0.2, 0) is 4.79 Å². The SMILES string of the molecule is CC(Cl)C(=O)Nc1ccc(C(=O)CN(C)C)cc1. The van der Waals surface area contributed by atoms with Gasteiger partial charge in [0, 0.05) is 11.3 Å². The lowest BCUT2D eigenvalue weighted by Crippen LogP contribution is -2.22. The number of nitrogens with one attached hydrogen (secondary N) is 1. The van der Waals surface area contributed by atoms with Crippen molar-refractivity contribution in [3.8, 4) is 0 Å². The molecule has 0 spiro atoms. The van der Waals surface area contributed by atoms with Crippen LogP contribution >= 0.6 is 11.6 Å². The van der Waals surface area contributed by atoms with E-state index in [0.717, 1.165) is 0 Å². The van der Waals surface area contributed by atoms with E-state index < -0.39 is 5.38 Å². The van der Waals surface area contributed by atoms with Gasteiger partial charge in [0.2, 0.25) is 5.91 Å². The first-order chi connectivity index (χ1) is 8.40. The second-order valence-corrected chi connectivity index (χ2v) is 5.00. The predicted molar refractivity (Wildman–Crippen MR) is 73.3 cm³/mol. The number of alkyl halides is 1. The Hall–Kier alpha value is -1.39. The molecule has 1 atom stereocenters. The van der Waals surface area contributed by atoms with Crippen LogP contribution in [0.3, 0.4) is 0 Å². The zero-order valence-electron chi connectivity index (χ0n) is 10.7. The smallest absolute Gasteiger partial charge is 0.242 e. The van der Waals surface area contributed by atoms with E-state index in [1.54, 1.807) is 31.2 Å². The quantitative estimate of drug-likeness (QED) is 0.656. The highest BCUT2D eigenvalue weighted by molar-refractivity contribution is 6.32. The van der Waals surface area contributed by atoms with Gasteiger partial charge in [-0.3, -0.25) is 9.59 Å². The van der Waals surface area contributed by atoms with Crippen molar-refractivity contribution >= 4 is 29.0 Å². The van der Waals surface area contributed by atoms with Gasteiger partial charge >= 0.3 is 0 Å². The Morgan fingerprint density at radius 1 is 1.28 bits per heavy atom. The standard InChI is InChI=1S/C13H17ClN2O2/c1-9(14)13(18)15-11-6-4-10(5-7-11)12(17)8-16(2)3/h4-7,9H,8H2,1-3H3,(H,15,18). The van der Waals surface area contributed by atoms with E-state index in [0.29, 0.717) is 17.8 Å². The summed E-state index contributed by atoms with van der Waals surface area (Å²) in [5.74, 6) is -0.215. The van der Waals surface area contributed by atoms with Gasteiger partial charge in [0.1, 0.15) is 5.38 Å². The predicted octanol–water partition coefficient (Wildman–Crippen LogP) is 2.00. The number of anilines is 1. The van der Waals surface area contributed by atoms with Gasteiger partial charge in [-0.15, -0.1) is 11.6 Å². The molecule has 1 aromatic rings. The summed E-state index contributed by atoms with van der Waals surface area (Å²) in [5.41, 5.74) is 1.26. The number of Topliss-reactive ketones (excluding diaryl/α,β-unsaturated/α-hetero) is 1. The van der Waals surface area contributed by atoms with Crippen molar-refractivity contribution in [2.24, 2.45) is 0 Å². The van der Waals surface area contributed by atoms with Crippen molar-refractivity contribution in [1.82, 2.24) is 4.90 Å². The minimum atomic E-state index is -0.583. The third-order valence-corrected chi connectivity index (χ3v) is 2.49. The first kappa shape index (κ1) is 14.7. The van der Waals surface area contributed by atoms with Crippen LogP contribution in [0.5, 0.6) is 0 Å². The summed E-state index contributed by atoms with van der Waals surface area (Å²) in [5, 5.41) is 2.07. The number of carbonyl (C=O) groups excluding carboxylic acids is 2. The number of nitrogens with zero attached hydrogens (tertiary/aromatic N) is 1. The Morgan fingerprint density at radius 3 is 2.28 bits per heavy atom. The van der Waals surface area contributed by atoms with Crippen LogP contribution in [0.2, 0.25) is 0 Å². The van der Waals surface area contributed by atoms with E-state index in [-0.39, 0.29) is 11.7 Å². The molecule has 0 aliphatic carbocycles. The Morgan fingerprint density at radius 2 is 1.83 bits per heavy atom. The zero-order chi connectivity index (χ0) is 13.7. The van der Waals surface area contributed by atoms with Gasteiger partial charge in [0.15, 0.2) is 5.78 Å². The van der Waals surface area contributed by atoms with Crippen molar-refractivity contribution < 1.29 is 9.59 Å². The summed E-state index contributed by atoms with van der Waals surface area (Å²) in [6.45, 7) is 1.97. The number of likely N-dealkylation sites (N-methyl/N-ethyl adjacent to an activating group) is 1. The van der Waals surface area contributed by atoms with Crippen molar-refractivity contribution in [1.29, 1.82) is 0 Å². The molecule has 0 radical (unpaired) electrons. The lowest BCUT2D eigenvalue weighted by molar-refractivity contribution is -0.115. The van der Waals surface area contributed by atoms with Crippen molar-refractivity contribution in [3.63, 3.8) is 0 Å². The summed E-state index contributed by atoms with van der Waals surface area (Å²) in [6, 6.07) is 6.78. The van der Waals surface area contributed by atoms with E-state index in [2.05, 4.69) is 5.32 Å². The summed E-state index contributed by atoms with van der Waals surface area (Å²) < 4.78 is 0. The topological polar surface area (TPSA) is 49.4 Å². The van der Waals surface area contributed by atoms with Crippen molar-refractivity contribution in [3.05, 3.63) is 29.8 Å². The fraction of sp³-hybridized carbons (Fsp3) is 0.385. The molecule has 0 saturated heterocycles. The first-order valence-corrected chi connectivity index (χ1v) is 6.06. The summed E-state index contributed by atoms with van der Waals surface area (Å²) >= 11 is 5.65. The minimum Gasteiger partial charge on any atom is -0.325 e. The molecule has 1 unspecified atom stereocenters.